The Hall–Kier alpha value is -2.04. The van der Waals surface area contributed by atoms with E-state index in [0.717, 1.165) is 25.2 Å². The first-order valence-electron chi connectivity index (χ1n) is 10.5. The minimum absolute atomic E-state index is 0.00588. The predicted molar refractivity (Wildman–Crippen MR) is 107 cm³/mol. The zero-order chi connectivity index (χ0) is 19.1. The van der Waals surface area contributed by atoms with E-state index < -0.39 is 0 Å². The molecule has 1 heterocycles. The van der Waals surface area contributed by atoms with Gasteiger partial charge in [0.05, 0.1) is 0 Å². The van der Waals surface area contributed by atoms with E-state index in [0.29, 0.717) is 32.0 Å². The fourth-order valence-electron chi connectivity index (χ4n) is 4.44. The van der Waals surface area contributed by atoms with Crippen LogP contribution in [0.5, 0.6) is 0 Å². The minimum Gasteiger partial charge on any atom is -0.370 e. The molecule has 3 amide bonds. The molecule has 5 heteroatoms. The molecule has 0 aromatic heterocycles. The van der Waals surface area contributed by atoms with Crippen LogP contribution in [-0.4, -0.2) is 36.5 Å². The van der Waals surface area contributed by atoms with Gasteiger partial charge in [0.15, 0.2) is 0 Å². The van der Waals surface area contributed by atoms with E-state index in [9.17, 15) is 9.59 Å². The normalized spacial score (nSPS) is 19.0. The lowest BCUT2D eigenvalue weighted by Crippen LogP contribution is -2.45. The van der Waals surface area contributed by atoms with Crippen LogP contribution in [-0.2, 0) is 11.2 Å². The number of nitrogens with one attached hydrogen (secondary N) is 1. The Labute approximate surface area is 162 Å². The number of nitrogens with zero attached hydrogens (tertiary/aromatic N) is 1. The van der Waals surface area contributed by atoms with Gasteiger partial charge in [0, 0.05) is 26.1 Å². The first kappa shape index (κ1) is 19.7. The number of hydrogen-bond acceptors (Lipinski definition) is 2. The van der Waals surface area contributed by atoms with Crippen LogP contribution in [0, 0.1) is 5.92 Å². The van der Waals surface area contributed by atoms with Crippen molar-refractivity contribution < 1.29 is 9.59 Å². The molecule has 1 aliphatic heterocycles. The summed E-state index contributed by atoms with van der Waals surface area (Å²) in [5.74, 6) is 0.826. The van der Waals surface area contributed by atoms with Crippen molar-refractivity contribution in [2.45, 2.75) is 63.7 Å². The Balaban J connectivity index is 1.37. The van der Waals surface area contributed by atoms with Gasteiger partial charge in [-0.1, -0.05) is 43.5 Å². The maximum atomic E-state index is 12.3. The molecule has 0 bridgehead atoms. The zero-order valence-corrected chi connectivity index (χ0v) is 16.3. The molecule has 0 spiro atoms. The van der Waals surface area contributed by atoms with E-state index in [2.05, 4.69) is 29.6 Å². The standard InChI is InChI=1S/C22H33N3O2/c23-21(26)16-18-11-14-25(15-12-18)22(27)24-13-10-17-6-8-20(9-7-17)19-4-2-1-3-5-19/h6-9,18-19H,1-5,10-16H2,(H2,23,26)(H,24,27). The molecule has 0 atom stereocenters. The molecule has 1 saturated heterocycles. The molecule has 0 radical (unpaired) electrons. The number of benzene rings is 1. The van der Waals surface area contributed by atoms with Gasteiger partial charge in [0.25, 0.3) is 0 Å². The first-order chi connectivity index (χ1) is 13.1. The third-order valence-corrected chi connectivity index (χ3v) is 6.14. The third-order valence-electron chi connectivity index (χ3n) is 6.14. The van der Waals surface area contributed by atoms with Crippen molar-refractivity contribution >= 4 is 11.9 Å². The molecule has 27 heavy (non-hydrogen) atoms. The monoisotopic (exact) mass is 371 g/mol. The number of likely N-dealkylation sites (tertiary alicyclic amines) is 1. The maximum Gasteiger partial charge on any atom is 0.317 e. The summed E-state index contributed by atoms with van der Waals surface area (Å²) in [5, 5.41) is 3.03. The van der Waals surface area contributed by atoms with Gasteiger partial charge in [0.2, 0.25) is 5.91 Å². The third kappa shape index (κ3) is 5.98. The summed E-state index contributed by atoms with van der Waals surface area (Å²) in [6.45, 7) is 2.07. The van der Waals surface area contributed by atoms with Crippen LogP contribution in [0.25, 0.3) is 0 Å². The number of nitrogens with two attached hydrogens (primary N) is 1. The second kappa shape index (κ2) is 9.77. The highest BCUT2D eigenvalue weighted by atomic mass is 16.2. The van der Waals surface area contributed by atoms with Crippen molar-refractivity contribution in [3.05, 3.63) is 35.4 Å². The molecular weight excluding hydrogens is 338 g/mol. The van der Waals surface area contributed by atoms with Crippen LogP contribution in [0.1, 0.15) is 68.4 Å². The summed E-state index contributed by atoms with van der Waals surface area (Å²) in [4.78, 5) is 25.2. The van der Waals surface area contributed by atoms with Gasteiger partial charge < -0.3 is 16.0 Å². The largest absolute Gasteiger partial charge is 0.370 e. The zero-order valence-electron chi connectivity index (χ0n) is 16.3. The number of piperidine rings is 1. The fourth-order valence-corrected chi connectivity index (χ4v) is 4.44. The van der Waals surface area contributed by atoms with Crippen LogP contribution in [0.4, 0.5) is 4.79 Å². The summed E-state index contributed by atoms with van der Waals surface area (Å²) < 4.78 is 0. The Morgan fingerprint density at radius 3 is 2.30 bits per heavy atom. The van der Waals surface area contributed by atoms with Crippen molar-refractivity contribution in [3.63, 3.8) is 0 Å². The molecule has 0 unspecified atom stereocenters. The first-order valence-corrected chi connectivity index (χ1v) is 10.5. The molecule has 5 nitrogen and oxygen atoms in total. The van der Waals surface area contributed by atoms with Crippen molar-refractivity contribution in [1.29, 1.82) is 0 Å². The van der Waals surface area contributed by atoms with E-state index in [1.54, 1.807) is 0 Å². The summed E-state index contributed by atoms with van der Waals surface area (Å²) in [7, 11) is 0. The molecule has 1 saturated carbocycles. The Morgan fingerprint density at radius 1 is 1.00 bits per heavy atom. The highest BCUT2D eigenvalue weighted by Crippen LogP contribution is 2.32. The minimum atomic E-state index is -0.243. The molecule has 2 aliphatic rings. The van der Waals surface area contributed by atoms with Crippen LogP contribution < -0.4 is 11.1 Å². The summed E-state index contributed by atoms with van der Waals surface area (Å²) in [5.41, 5.74) is 8.01. The molecule has 2 fully saturated rings. The number of rotatable bonds is 6. The van der Waals surface area contributed by atoms with Crippen molar-refractivity contribution in [3.8, 4) is 0 Å². The fraction of sp³-hybridized carbons (Fsp3) is 0.636. The maximum absolute atomic E-state index is 12.3. The number of carbonyl (C=O) groups is 2. The smallest absolute Gasteiger partial charge is 0.317 e. The molecule has 3 N–H and O–H groups in total. The van der Waals surface area contributed by atoms with E-state index in [-0.39, 0.29) is 11.9 Å². The Bertz CT molecular complexity index is 615. The average Bonchev–Trinajstić information content (AvgIpc) is 2.69. The lowest BCUT2D eigenvalue weighted by Gasteiger charge is -2.31. The Morgan fingerprint density at radius 2 is 1.67 bits per heavy atom. The quantitative estimate of drug-likeness (QED) is 0.802. The van der Waals surface area contributed by atoms with Gasteiger partial charge in [-0.25, -0.2) is 4.79 Å². The topological polar surface area (TPSA) is 75.4 Å². The molecule has 1 aromatic carbocycles. The summed E-state index contributed by atoms with van der Waals surface area (Å²) in [6.07, 6.45) is 9.77. The van der Waals surface area contributed by atoms with Gasteiger partial charge in [0.1, 0.15) is 0 Å². The molecule has 1 aliphatic carbocycles. The lowest BCUT2D eigenvalue weighted by atomic mass is 9.84. The number of hydrogen-bond donors (Lipinski definition) is 2. The second-order valence-corrected chi connectivity index (χ2v) is 8.16. The number of urea groups is 1. The molecular formula is C22H33N3O2. The molecule has 3 rings (SSSR count). The number of carbonyl (C=O) groups excluding carboxylic acids is 2. The van der Waals surface area contributed by atoms with Crippen molar-refractivity contribution in [2.24, 2.45) is 11.7 Å². The van der Waals surface area contributed by atoms with Crippen LogP contribution in [0.2, 0.25) is 0 Å². The van der Waals surface area contributed by atoms with Gasteiger partial charge in [-0.15, -0.1) is 0 Å². The molecule has 148 valence electrons. The lowest BCUT2D eigenvalue weighted by molar-refractivity contribution is -0.119. The van der Waals surface area contributed by atoms with Crippen LogP contribution >= 0.6 is 0 Å². The van der Waals surface area contributed by atoms with Crippen LogP contribution in [0.15, 0.2) is 24.3 Å². The predicted octanol–water partition coefficient (Wildman–Crippen LogP) is 3.57. The van der Waals surface area contributed by atoms with Crippen LogP contribution in [0.3, 0.4) is 0 Å². The van der Waals surface area contributed by atoms with Crippen molar-refractivity contribution in [2.75, 3.05) is 19.6 Å². The number of primary amides is 1. The van der Waals surface area contributed by atoms with E-state index in [1.165, 1.54) is 43.2 Å². The average molecular weight is 372 g/mol. The second-order valence-electron chi connectivity index (χ2n) is 8.16. The number of amides is 3. The van der Waals surface area contributed by atoms with Gasteiger partial charge in [-0.05, 0) is 55.1 Å². The highest BCUT2D eigenvalue weighted by Gasteiger charge is 2.23. The SMILES string of the molecule is NC(=O)CC1CCN(C(=O)NCCc2ccc(C3CCCCC3)cc2)CC1. The Kier molecular flexibility index (Phi) is 7.13. The summed E-state index contributed by atoms with van der Waals surface area (Å²) >= 11 is 0. The van der Waals surface area contributed by atoms with Crippen molar-refractivity contribution in [1.82, 2.24) is 10.2 Å². The van der Waals surface area contributed by atoms with Gasteiger partial charge in [-0.2, -0.15) is 0 Å². The van der Waals surface area contributed by atoms with E-state index >= 15 is 0 Å². The van der Waals surface area contributed by atoms with E-state index in [1.807, 2.05) is 4.90 Å². The molecule has 1 aromatic rings. The highest BCUT2D eigenvalue weighted by molar-refractivity contribution is 5.75. The van der Waals surface area contributed by atoms with Gasteiger partial charge >= 0.3 is 6.03 Å². The summed E-state index contributed by atoms with van der Waals surface area (Å²) in [6, 6.07) is 8.98. The van der Waals surface area contributed by atoms with E-state index in [4.69, 9.17) is 5.73 Å². The van der Waals surface area contributed by atoms with Gasteiger partial charge in [-0.3, -0.25) is 4.79 Å².